The van der Waals surface area contributed by atoms with Gasteiger partial charge in [0.2, 0.25) is 11.8 Å². The Morgan fingerprint density at radius 2 is 1.93 bits per heavy atom. The first-order valence-electron chi connectivity index (χ1n) is 3.62. The summed E-state index contributed by atoms with van der Waals surface area (Å²) in [7, 11) is 0. The first kappa shape index (κ1) is 12.7. The lowest BCUT2D eigenvalue weighted by Gasteiger charge is -2.09. The van der Waals surface area contributed by atoms with Crippen LogP contribution >= 0.6 is 12.6 Å². The van der Waals surface area contributed by atoms with E-state index in [4.69, 9.17) is 10.8 Å². The third-order valence-electron chi connectivity index (χ3n) is 1.17. The summed E-state index contributed by atoms with van der Waals surface area (Å²) in [5, 5.41) is 12.5. The summed E-state index contributed by atoms with van der Waals surface area (Å²) in [5.41, 5.74) is 5.00. The predicted molar refractivity (Wildman–Crippen MR) is 50.6 cm³/mol. The minimum Gasteiger partial charge on any atom is -0.479 e. The Balaban J connectivity index is 3.76. The molecule has 1 atom stereocenters. The van der Waals surface area contributed by atoms with Crippen LogP contribution in [0.3, 0.4) is 0 Å². The fourth-order valence-electron chi connectivity index (χ4n) is 0.521. The Hall–Kier alpha value is -1.28. The SMILES string of the molecule is NC(NC(=O)CNC(=O)CS)C(=O)O. The number of carbonyl (C=O) groups is 3. The molecule has 0 bridgehead atoms. The van der Waals surface area contributed by atoms with Crippen molar-refractivity contribution < 1.29 is 19.5 Å². The molecule has 8 heteroatoms. The van der Waals surface area contributed by atoms with E-state index >= 15 is 0 Å². The average Bonchev–Trinajstić information content (AvgIpc) is 2.13. The monoisotopic (exact) mass is 221 g/mol. The van der Waals surface area contributed by atoms with Crippen molar-refractivity contribution in [1.82, 2.24) is 10.6 Å². The number of carboxylic acids is 1. The van der Waals surface area contributed by atoms with Gasteiger partial charge in [-0.3, -0.25) is 9.59 Å². The fraction of sp³-hybridized carbons (Fsp3) is 0.500. The maximum Gasteiger partial charge on any atom is 0.341 e. The van der Waals surface area contributed by atoms with Crippen LogP contribution in [0.25, 0.3) is 0 Å². The van der Waals surface area contributed by atoms with Crippen LogP contribution in [0.15, 0.2) is 0 Å². The summed E-state index contributed by atoms with van der Waals surface area (Å²) < 4.78 is 0. The molecule has 0 aliphatic carbocycles. The molecule has 0 saturated carbocycles. The summed E-state index contributed by atoms with van der Waals surface area (Å²) in [6, 6.07) is 0. The van der Waals surface area contributed by atoms with Gasteiger partial charge in [0.1, 0.15) is 0 Å². The molecule has 14 heavy (non-hydrogen) atoms. The molecule has 0 aromatic carbocycles. The van der Waals surface area contributed by atoms with Gasteiger partial charge in [-0.1, -0.05) is 0 Å². The van der Waals surface area contributed by atoms with Crippen LogP contribution in [0.1, 0.15) is 0 Å². The second kappa shape index (κ2) is 6.22. The number of hydrogen-bond acceptors (Lipinski definition) is 5. The molecule has 2 amide bonds. The highest BCUT2D eigenvalue weighted by atomic mass is 32.1. The zero-order chi connectivity index (χ0) is 11.1. The maximum atomic E-state index is 10.9. The summed E-state index contributed by atoms with van der Waals surface area (Å²) >= 11 is 3.66. The highest BCUT2D eigenvalue weighted by Gasteiger charge is 2.14. The molecule has 0 saturated heterocycles. The first-order valence-corrected chi connectivity index (χ1v) is 4.26. The molecule has 0 radical (unpaired) electrons. The zero-order valence-corrected chi connectivity index (χ0v) is 8.08. The molecular formula is C6H11N3O4S. The third kappa shape index (κ3) is 5.38. The number of carboxylic acid groups (broad SMARTS) is 1. The van der Waals surface area contributed by atoms with E-state index in [1.807, 2.05) is 5.32 Å². The minimum absolute atomic E-state index is 0.0434. The van der Waals surface area contributed by atoms with Crippen molar-refractivity contribution in [2.45, 2.75) is 6.17 Å². The van der Waals surface area contributed by atoms with Gasteiger partial charge in [0.25, 0.3) is 0 Å². The van der Waals surface area contributed by atoms with Gasteiger partial charge in [-0.15, -0.1) is 0 Å². The van der Waals surface area contributed by atoms with E-state index in [0.717, 1.165) is 0 Å². The number of aliphatic carboxylic acids is 1. The van der Waals surface area contributed by atoms with Crippen molar-refractivity contribution in [2.75, 3.05) is 12.3 Å². The largest absolute Gasteiger partial charge is 0.479 e. The van der Waals surface area contributed by atoms with Crippen LogP contribution in [0.4, 0.5) is 0 Å². The van der Waals surface area contributed by atoms with Gasteiger partial charge >= 0.3 is 5.97 Å². The van der Waals surface area contributed by atoms with E-state index < -0.39 is 23.9 Å². The molecule has 80 valence electrons. The number of carbonyl (C=O) groups excluding carboxylic acids is 2. The summed E-state index contributed by atoms with van der Waals surface area (Å²) in [5.74, 6) is -2.49. The maximum absolute atomic E-state index is 10.9. The molecule has 0 aliphatic heterocycles. The van der Waals surface area contributed by atoms with Gasteiger partial charge in [0.15, 0.2) is 6.17 Å². The quantitative estimate of drug-likeness (QED) is 0.260. The van der Waals surface area contributed by atoms with E-state index in [2.05, 4.69) is 17.9 Å². The Kier molecular flexibility index (Phi) is 5.65. The van der Waals surface area contributed by atoms with Gasteiger partial charge in [-0.25, -0.2) is 4.79 Å². The molecule has 1 unspecified atom stereocenters. The number of rotatable bonds is 5. The lowest BCUT2D eigenvalue weighted by molar-refractivity contribution is -0.141. The van der Waals surface area contributed by atoms with Gasteiger partial charge in [0.05, 0.1) is 12.3 Å². The first-order chi connectivity index (χ1) is 6.47. The highest BCUT2D eigenvalue weighted by Crippen LogP contribution is 1.75. The number of hydrogen-bond donors (Lipinski definition) is 5. The molecule has 0 heterocycles. The summed E-state index contributed by atoms with van der Waals surface area (Å²) in [6.45, 7) is -0.319. The van der Waals surface area contributed by atoms with Crippen LogP contribution < -0.4 is 16.4 Å². The molecule has 0 aromatic rings. The van der Waals surface area contributed by atoms with E-state index in [1.165, 1.54) is 0 Å². The van der Waals surface area contributed by atoms with E-state index in [1.54, 1.807) is 0 Å². The van der Waals surface area contributed by atoms with Crippen molar-refractivity contribution in [2.24, 2.45) is 5.73 Å². The van der Waals surface area contributed by atoms with Gasteiger partial charge < -0.3 is 21.5 Å². The highest BCUT2D eigenvalue weighted by molar-refractivity contribution is 7.81. The van der Waals surface area contributed by atoms with Gasteiger partial charge in [-0.05, 0) is 0 Å². The Morgan fingerprint density at radius 3 is 2.36 bits per heavy atom. The van der Waals surface area contributed by atoms with Crippen molar-refractivity contribution in [1.29, 1.82) is 0 Å². The number of thiol groups is 1. The lowest BCUT2D eigenvalue weighted by Crippen LogP contribution is -2.50. The minimum atomic E-state index is -1.46. The fourth-order valence-corrected chi connectivity index (χ4v) is 0.633. The summed E-state index contributed by atoms with van der Waals surface area (Å²) in [6.07, 6.45) is -1.46. The second-order valence-corrected chi connectivity index (χ2v) is 2.63. The average molecular weight is 221 g/mol. The summed E-state index contributed by atoms with van der Waals surface area (Å²) in [4.78, 5) is 31.7. The molecule has 0 spiro atoms. The Labute approximate surface area is 85.4 Å². The normalized spacial score (nSPS) is 11.6. The second-order valence-electron chi connectivity index (χ2n) is 2.32. The molecule has 0 aromatic heterocycles. The molecule has 0 aliphatic rings. The van der Waals surface area contributed by atoms with Crippen LogP contribution in [-0.2, 0) is 14.4 Å². The van der Waals surface area contributed by atoms with E-state index in [0.29, 0.717) is 0 Å². The number of nitrogens with two attached hydrogens (primary N) is 1. The molecule has 0 fully saturated rings. The van der Waals surface area contributed by atoms with Crippen molar-refractivity contribution >= 4 is 30.4 Å². The van der Waals surface area contributed by atoms with Gasteiger partial charge in [0, 0.05) is 0 Å². The van der Waals surface area contributed by atoms with Crippen LogP contribution in [-0.4, -0.2) is 41.4 Å². The van der Waals surface area contributed by atoms with E-state index in [-0.39, 0.29) is 12.3 Å². The topological polar surface area (TPSA) is 122 Å². The Morgan fingerprint density at radius 1 is 1.36 bits per heavy atom. The molecule has 5 N–H and O–H groups in total. The lowest BCUT2D eigenvalue weighted by atomic mass is 10.4. The standard InChI is InChI=1S/C6H11N3O4S/c7-5(6(12)13)9-3(10)1-8-4(11)2-14/h5,14H,1-2,7H2,(H,8,11)(H,9,10)(H,12,13). The zero-order valence-electron chi connectivity index (χ0n) is 7.19. The predicted octanol–water partition coefficient (Wildman–Crippen LogP) is -2.48. The molecule has 7 nitrogen and oxygen atoms in total. The van der Waals surface area contributed by atoms with Crippen molar-refractivity contribution in [3.8, 4) is 0 Å². The van der Waals surface area contributed by atoms with E-state index in [9.17, 15) is 14.4 Å². The smallest absolute Gasteiger partial charge is 0.341 e. The number of amides is 2. The van der Waals surface area contributed by atoms with Crippen LogP contribution in [0.5, 0.6) is 0 Å². The van der Waals surface area contributed by atoms with Gasteiger partial charge in [-0.2, -0.15) is 12.6 Å². The van der Waals surface area contributed by atoms with Crippen LogP contribution in [0.2, 0.25) is 0 Å². The number of nitrogens with one attached hydrogen (secondary N) is 2. The molecular weight excluding hydrogens is 210 g/mol. The molecule has 0 rings (SSSR count). The van der Waals surface area contributed by atoms with Crippen molar-refractivity contribution in [3.05, 3.63) is 0 Å². The van der Waals surface area contributed by atoms with Crippen molar-refractivity contribution in [3.63, 3.8) is 0 Å². The Bertz CT molecular complexity index is 245. The van der Waals surface area contributed by atoms with Crippen LogP contribution in [0, 0.1) is 0 Å². The third-order valence-corrected chi connectivity index (χ3v) is 1.46.